The molecule has 1 aromatic carbocycles. The molecule has 0 fully saturated rings. The van der Waals surface area contributed by atoms with E-state index in [-0.39, 0.29) is 17.3 Å². The average molecular weight is 251 g/mol. The maximum absolute atomic E-state index is 11.0. The summed E-state index contributed by atoms with van der Waals surface area (Å²) in [4.78, 5) is 25.6. The first-order valence-corrected chi connectivity index (χ1v) is 5.63. The van der Waals surface area contributed by atoms with E-state index in [0.717, 1.165) is 9.71 Å². The number of nitrogens with zero attached hydrogens (tertiary/aromatic N) is 2. The molecule has 0 aliphatic carbocycles. The van der Waals surface area contributed by atoms with Gasteiger partial charge in [0.2, 0.25) is 5.91 Å². The number of anilines is 1. The predicted molar refractivity (Wildman–Crippen MR) is 65.3 cm³/mol. The van der Waals surface area contributed by atoms with Crippen molar-refractivity contribution in [3.8, 4) is 0 Å². The summed E-state index contributed by atoms with van der Waals surface area (Å²) in [5.74, 6) is -0.348. The minimum atomic E-state index is -0.521. The van der Waals surface area contributed by atoms with Crippen molar-refractivity contribution in [1.29, 1.82) is 0 Å². The highest BCUT2D eigenvalue weighted by Gasteiger charge is 2.21. The van der Waals surface area contributed by atoms with Crippen molar-refractivity contribution in [1.82, 2.24) is 4.98 Å². The van der Waals surface area contributed by atoms with Crippen LogP contribution in [0, 0.1) is 17.0 Å². The summed E-state index contributed by atoms with van der Waals surface area (Å²) in [7, 11) is 0. The number of nitrogens with one attached hydrogen (secondary N) is 1. The maximum atomic E-state index is 11.0. The van der Waals surface area contributed by atoms with Crippen LogP contribution in [0.25, 0.3) is 10.2 Å². The Bertz CT molecular complexity index is 621. The molecule has 1 N–H and O–H groups in total. The van der Waals surface area contributed by atoms with Crippen molar-refractivity contribution in [3.63, 3.8) is 0 Å². The molecule has 7 heteroatoms. The number of benzene rings is 1. The molecule has 1 amide bonds. The van der Waals surface area contributed by atoms with Crippen LogP contribution in [0.4, 0.5) is 11.4 Å². The number of aryl methyl sites for hydroxylation is 1. The second-order valence-electron chi connectivity index (χ2n) is 3.48. The zero-order chi connectivity index (χ0) is 12.6. The van der Waals surface area contributed by atoms with Gasteiger partial charge in [-0.3, -0.25) is 14.9 Å². The van der Waals surface area contributed by atoms with Crippen molar-refractivity contribution in [2.45, 2.75) is 13.8 Å². The summed E-state index contributed by atoms with van der Waals surface area (Å²) in [6.45, 7) is 3.09. The largest absolute Gasteiger partial charge is 0.321 e. The van der Waals surface area contributed by atoms with Crippen LogP contribution < -0.4 is 5.32 Å². The van der Waals surface area contributed by atoms with Gasteiger partial charge in [-0.25, -0.2) is 4.98 Å². The van der Waals surface area contributed by atoms with Crippen LogP contribution in [0.3, 0.4) is 0 Å². The van der Waals surface area contributed by atoms with Crippen molar-refractivity contribution in [3.05, 3.63) is 27.3 Å². The normalized spacial score (nSPS) is 10.5. The number of aromatic nitrogens is 1. The van der Waals surface area contributed by atoms with Crippen LogP contribution in [0.1, 0.15) is 11.9 Å². The molecule has 2 rings (SSSR count). The number of nitro groups is 1. The van der Waals surface area contributed by atoms with E-state index < -0.39 is 4.92 Å². The maximum Gasteiger partial charge on any atom is 0.319 e. The van der Waals surface area contributed by atoms with E-state index >= 15 is 0 Å². The lowest BCUT2D eigenvalue weighted by atomic mass is 10.2. The molecule has 0 radical (unpaired) electrons. The van der Waals surface area contributed by atoms with E-state index in [4.69, 9.17) is 0 Å². The highest BCUT2D eigenvalue weighted by atomic mass is 32.1. The number of amides is 1. The molecule has 1 heterocycles. The zero-order valence-corrected chi connectivity index (χ0v) is 10.00. The zero-order valence-electron chi connectivity index (χ0n) is 9.18. The van der Waals surface area contributed by atoms with Crippen LogP contribution in [0.5, 0.6) is 0 Å². The summed E-state index contributed by atoms with van der Waals surface area (Å²) in [5.41, 5.74) is 0.353. The summed E-state index contributed by atoms with van der Waals surface area (Å²) in [6, 6.07) is 3.25. The molecule has 0 spiro atoms. The lowest BCUT2D eigenvalue weighted by molar-refractivity contribution is -0.382. The van der Waals surface area contributed by atoms with Gasteiger partial charge in [0, 0.05) is 6.92 Å². The first kappa shape index (κ1) is 11.5. The van der Waals surface area contributed by atoms with E-state index in [2.05, 4.69) is 10.3 Å². The summed E-state index contributed by atoms with van der Waals surface area (Å²) in [6.07, 6.45) is 0. The Hall–Kier alpha value is -2.02. The third kappa shape index (κ3) is 2.09. The van der Waals surface area contributed by atoms with Crippen LogP contribution in [-0.2, 0) is 4.79 Å². The number of hydrogen-bond acceptors (Lipinski definition) is 5. The molecule has 0 aliphatic heterocycles. The van der Waals surface area contributed by atoms with Crippen molar-refractivity contribution in [2.75, 3.05) is 5.32 Å². The van der Waals surface area contributed by atoms with Gasteiger partial charge in [-0.2, -0.15) is 0 Å². The van der Waals surface area contributed by atoms with Crippen LogP contribution >= 0.6 is 11.3 Å². The van der Waals surface area contributed by atoms with Crippen molar-refractivity contribution in [2.24, 2.45) is 0 Å². The molecular formula is C10H9N3O3S. The number of fused-ring (bicyclic) bond motifs is 1. The molecule has 1 aromatic heterocycles. The van der Waals surface area contributed by atoms with E-state index in [1.807, 2.05) is 0 Å². The average Bonchev–Trinajstić information content (AvgIpc) is 2.56. The van der Waals surface area contributed by atoms with Gasteiger partial charge >= 0.3 is 5.69 Å². The quantitative estimate of drug-likeness (QED) is 0.656. The predicted octanol–water partition coefficient (Wildman–Crippen LogP) is 2.47. The second kappa shape index (κ2) is 4.10. The van der Waals surface area contributed by atoms with Gasteiger partial charge in [0.05, 0.1) is 14.6 Å². The summed E-state index contributed by atoms with van der Waals surface area (Å²) in [5, 5.41) is 14.2. The van der Waals surface area contributed by atoms with Crippen molar-refractivity contribution >= 4 is 38.8 Å². The van der Waals surface area contributed by atoms with Crippen LogP contribution in [0.2, 0.25) is 0 Å². The number of hydrogen-bond donors (Lipinski definition) is 1. The molecule has 17 heavy (non-hydrogen) atoms. The molecule has 0 unspecified atom stereocenters. The van der Waals surface area contributed by atoms with E-state index in [9.17, 15) is 14.9 Å². The molecule has 88 valence electrons. The fourth-order valence-corrected chi connectivity index (χ4v) is 2.40. The SMILES string of the molecule is CC(=O)Nc1ccc2sc(C)nc2c1[N+](=O)[O-]. The van der Waals surface area contributed by atoms with E-state index in [0.29, 0.717) is 5.52 Å². The number of nitro benzene ring substituents is 1. The number of rotatable bonds is 2. The Kier molecular flexibility index (Phi) is 2.76. The third-order valence-corrected chi connectivity index (χ3v) is 3.07. The molecule has 0 aliphatic rings. The number of carbonyl (C=O) groups excluding carboxylic acids is 1. The Balaban J connectivity index is 2.71. The molecule has 0 saturated carbocycles. The molecule has 6 nitrogen and oxygen atoms in total. The smallest absolute Gasteiger partial charge is 0.319 e. The first-order chi connectivity index (χ1) is 7.99. The minimum Gasteiger partial charge on any atom is -0.321 e. The number of carbonyl (C=O) groups is 1. The second-order valence-corrected chi connectivity index (χ2v) is 4.71. The molecule has 0 atom stereocenters. The van der Waals surface area contributed by atoms with Gasteiger partial charge in [0.25, 0.3) is 0 Å². The van der Waals surface area contributed by atoms with E-state index in [1.165, 1.54) is 24.3 Å². The summed E-state index contributed by atoms with van der Waals surface area (Å²) >= 11 is 1.38. The van der Waals surface area contributed by atoms with Crippen LogP contribution in [0.15, 0.2) is 12.1 Å². The van der Waals surface area contributed by atoms with Gasteiger partial charge in [-0.1, -0.05) is 0 Å². The Morgan fingerprint density at radius 1 is 1.53 bits per heavy atom. The molecule has 2 aromatic rings. The molecule has 0 saturated heterocycles. The molecular weight excluding hydrogens is 242 g/mol. The Morgan fingerprint density at radius 2 is 2.24 bits per heavy atom. The minimum absolute atomic E-state index is 0.151. The number of thiazole rings is 1. The lowest BCUT2D eigenvalue weighted by Crippen LogP contribution is -2.08. The highest BCUT2D eigenvalue weighted by Crippen LogP contribution is 2.35. The Morgan fingerprint density at radius 3 is 2.82 bits per heavy atom. The van der Waals surface area contributed by atoms with Gasteiger partial charge < -0.3 is 5.32 Å². The highest BCUT2D eigenvalue weighted by molar-refractivity contribution is 7.18. The van der Waals surface area contributed by atoms with Crippen molar-refractivity contribution < 1.29 is 9.72 Å². The fraction of sp³-hybridized carbons (Fsp3) is 0.200. The van der Waals surface area contributed by atoms with Gasteiger partial charge in [0.15, 0.2) is 5.52 Å². The topological polar surface area (TPSA) is 85.1 Å². The van der Waals surface area contributed by atoms with Crippen LogP contribution in [-0.4, -0.2) is 15.8 Å². The van der Waals surface area contributed by atoms with Gasteiger partial charge in [-0.05, 0) is 19.1 Å². The third-order valence-electron chi connectivity index (χ3n) is 2.13. The first-order valence-electron chi connectivity index (χ1n) is 4.81. The molecule has 0 bridgehead atoms. The lowest BCUT2D eigenvalue weighted by Gasteiger charge is -2.03. The summed E-state index contributed by atoms with van der Waals surface area (Å²) < 4.78 is 0.739. The monoisotopic (exact) mass is 251 g/mol. The van der Waals surface area contributed by atoms with E-state index in [1.54, 1.807) is 13.0 Å². The fourth-order valence-electron chi connectivity index (χ4n) is 1.57. The standard InChI is InChI=1S/C10H9N3O3S/c1-5(14)11-7-3-4-8-9(10(7)13(15)16)12-6(2)17-8/h3-4H,1-2H3,(H,11,14). The Labute approximate surface area is 100 Å². The van der Waals surface area contributed by atoms with Gasteiger partial charge in [0.1, 0.15) is 5.69 Å². The van der Waals surface area contributed by atoms with Gasteiger partial charge in [-0.15, -0.1) is 11.3 Å².